The van der Waals surface area contributed by atoms with Crippen molar-refractivity contribution in [1.29, 1.82) is 0 Å². The quantitative estimate of drug-likeness (QED) is 0.643. The summed E-state index contributed by atoms with van der Waals surface area (Å²) in [5.74, 6) is -2.12. The van der Waals surface area contributed by atoms with E-state index < -0.39 is 17.7 Å². The molecule has 170 valence electrons. The van der Waals surface area contributed by atoms with Gasteiger partial charge in [0.15, 0.2) is 5.76 Å². The molecule has 3 aliphatic rings. The van der Waals surface area contributed by atoms with Gasteiger partial charge in [0.05, 0.1) is 13.0 Å². The molecule has 0 aromatic heterocycles. The first-order chi connectivity index (χ1) is 16.1. The summed E-state index contributed by atoms with van der Waals surface area (Å²) in [5, 5.41) is 11.9. The monoisotopic (exact) mass is 450 g/mol. The molecule has 0 aliphatic carbocycles. The van der Waals surface area contributed by atoms with Gasteiger partial charge in [-0.15, -0.1) is 0 Å². The van der Waals surface area contributed by atoms with Crippen LogP contribution in [-0.2, 0) is 40.7 Å². The molecule has 33 heavy (non-hydrogen) atoms. The predicted molar refractivity (Wildman–Crippen MR) is 114 cm³/mol. The number of carbonyl (C=O) groups excluding carboxylic acids is 1. The first-order valence-corrected chi connectivity index (χ1v) is 10.4. The Balaban J connectivity index is 1.69. The van der Waals surface area contributed by atoms with Gasteiger partial charge in [-0.05, 0) is 36.2 Å². The minimum absolute atomic E-state index is 0.0357. The molecule has 0 fully saturated rings. The van der Waals surface area contributed by atoms with Crippen LogP contribution in [0.15, 0.2) is 89.8 Å². The summed E-state index contributed by atoms with van der Waals surface area (Å²) in [5.41, 5.74) is 1.72. The van der Waals surface area contributed by atoms with Crippen molar-refractivity contribution in [3.8, 4) is 5.75 Å². The van der Waals surface area contributed by atoms with Gasteiger partial charge in [0.25, 0.3) is 5.79 Å². The van der Waals surface area contributed by atoms with Crippen LogP contribution in [0.4, 0.5) is 0 Å². The Morgan fingerprint density at radius 2 is 1.73 bits per heavy atom. The van der Waals surface area contributed by atoms with E-state index >= 15 is 0 Å². The van der Waals surface area contributed by atoms with Gasteiger partial charge in [0.2, 0.25) is 13.6 Å². The Labute approximate surface area is 190 Å². The fourth-order valence-corrected chi connectivity index (χ4v) is 4.20. The lowest BCUT2D eigenvalue weighted by Gasteiger charge is -2.30. The molecule has 3 aliphatic heterocycles. The molecule has 8 heteroatoms. The Morgan fingerprint density at radius 1 is 1.00 bits per heavy atom. The number of rotatable bonds is 7. The van der Waals surface area contributed by atoms with E-state index in [2.05, 4.69) is 0 Å². The van der Waals surface area contributed by atoms with Crippen LogP contribution in [0, 0.1) is 5.92 Å². The molecule has 3 heterocycles. The van der Waals surface area contributed by atoms with E-state index in [-0.39, 0.29) is 30.5 Å². The number of cyclic esters (lactones) is 1. The van der Waals surface area contributed by atoms with E-state index in [4.69, 9.17) is 28.4 Å². The SMILES string of the molecule is COc1ccc(C2(O)OC(=O)C(C3=COCO3)=C2C(Cc2ccccc2)C2=COCO2)cc1. The van der Waals surface area contributed by atoms with Gasteiger partial charge in [-0.25, -0.2) is 4.79 Å². The minimum Gasteiger partial charge on any atom is -0.497 e. The molecule has 8 nitrogen and oxygen atoms in total. The summed E-state index contributed by atoms with van der Waals surface area (Å²) in [6.45, 7) is 0.00727. The topological polar surface area (TPSA) is 92.7 Å². The van der Waals surface area contributed by atoms with Crippen molar-refractivity contribution in [1.82, 2.24) is 0 Å². The number of aliphatic hydroxyl groups is 1. The molecular formula is C25H22O8. The molecule has 1 N–H and O–H groups in total. The molecule has 5 rings (SSSR count). The summed E-state index contributed by atoms with van der Waals surface area (Å²) in [7, 11) is 1.55. The summed E-state index contributed by atoms with van der Waals surface area (Å²) in [6.07, 6.45) is 3.25. The molecule has 0 saturated heterocycles. The maximum Gasteiger partial charge on any atom is 0.345 e. The van der Waals surface area contributed by atoms with Crippen LogP contribution < -0.4 is 4.74 Å². The number of ether oxygens (including phenoxy) is 6. The average molecular weight is 450 g/mol. The highest BCUT2D eigenvalue weighted by Gasteiger charge is 2.53. The summed E-state index contributed by atoms with van der Waals surface area (Å²) in [4.78, 5) is 13.1. The lowest BCUT2D eigenvalue weighted by atomic mass is 9.80. The molecular weight excluding hydrogens is 428 g/mol. The molecule has 2 unspecified atom stereocenters. The molecule has 0 spiro atoms. The maximum absolute atomic E-state index is 13.1. The summed E-state index contributed by atoms with van der Waals surface area (Å²) < 4.78 is 32.6. The lowest BCUT2D eigenvalue weighted by molar-refractivity contribution is -0.187. The largest absolute Gasteiger partial charge is 0.497 e. The van der Waals surface area contributed by atoms with Crippen LogP contribution in [0.1, 0.15) is 11.1 Å². The van der Waals surface area contributed by atoms with Crippen LogP contribution in [0.3, 0.4) is 0 Å². The Hall–Kier alpha value is -3.91. The van der Waals surface area contributed by atoms with Crippen molar-refractivity contribution in [3.05, 3.63) is 101 Å². The van der Waals surface area contributed by atoms with E-state index in [0.717, 1.165) is 5.56 Å². The zero-order chi connectivity index (χ0) is 22.8. The molecule has 2 aromatic carbocycles. The van der Waals surface area contributed by atoms with E-state index in [1.807, 2.05) is 30.3 Å². The normalized spacial score (nSPS) is 22.4. The van der Waals surface area contributed by atoms with Gasteiger partial charge in [0, 0.05) is 11.1 Å². The second-order valence-corrected chi connectivity index (χ2v) is 7.65. The minimum atomic E-state index is -2.07. The van der Waals surface area contributed by atoms with Crippen LogP contribution in [-0.4, -0.2) is 31.8 Å². The van der Waals surface area contributed by atoms with Crippen molar-refractivity contribution in [2.24, 2.45) is 5.92 Å². The van der Waals surface area contributed by atoms with E-state index in [1.54, 1.807) is 31.4 Å². The standard InChI is InChI=1S/C25H22O8/c1-28-18-9-7-17(8-10-18)25(27)23(22(24(26)33-25)21-13-30-15-32-21)19(20-12-29-14-31-20)11-16-5-3-2-4-6-16/h2-10,12-13,19,27H,11,14-15H2,1H3. The second-order valence-electron chi connectivity index (χ2n) is 7.65. The molecule has 0 amide bonds. The third kappa shape index (κ3) is 3.78. The van der Waals surface area contributed by atoms with Crippen LogP contribution in [0.2, 0.25) is 0 Å². The number of carbonyl (C=O) groups is 1. The fraction of sp³-hybridized carbons (Fsp3) is 0.240. The van der Waals surface area contributed by atoms with Crippen LogP contribution >= 0.6 is 0 Å². The molecule has 2 atom stereocenters. The van der Waals surface area contributed by atoms with Crippen molar-refractivity contribution in [2.75, 3.05) is 20.7 Å². The predicted octanol–water partition coefficient (Wildman–Crippen LogP) is 3.24. The van der Waals surface area contributed by atoms with Gasteiger partial charge in [0.1, 0.15) is 29.6 Å². The Kier molecular flexibility index (Phi) is 5.43. The first-order valence-electron chi connectivity index (χ1n) is 10.4. The zero-order valence-electron chi connectivity index (χ0n) is 17.9. The molecule has 0 bridgehead atoms. The summed E-state index contributed by atoms with van der Waals surface area (Å²) >= 11 is 0. The molecule has 2 aromatic rings. The fourth-order valence-electron chi connectivity index (χ4n) is 4.20. The highest BCUT2D eigenvalue weighted by molar-refractivity contribution is 5.97. The van der Waals surface area contributed by atoms with Gasteiger partial charge in [-0.2, -0.15) is 0 Å². The third-order valence-corrected chi connectivity index (χ3v) is 5.75. The lowest BCUT2D eigenvalue weighted by Crippen LogP contribution is -2.33. The first kappa shape index (κ1) is 21.0. The van der Waals surface area contributed by atoms with Gasteiger partial charge < -0.3 is 33.5 Å². The smallest absolute Gasteiger partial charge is 0.345 e. The van der Waals surface area contributed by atoms with Crippen LogP contribution in [0.5, 0.6) is 5.75 Å². The number of methoxy groups -OCH3 is 1. The number of esters is 1. The molecule has 0 radical (unpaired) electrons. The zero-order valence-corrected chi connectivity index (χ0v) is 17.9. The Morgan fingerprint density at radius 3 is 2.36 bits per heavy atom. The number of benzene rings is 2. The van der Waals surface area contributed by atoms with Gasteiger partial charge in [-0.3, -0.25) is 0 Å². The van der Waals surface area contributed by atoms with E-state index in [0.29, 0.717) is 23.5 Å². The van der Waals surface area contributed by atoms with Crippen molar-refractivity contribution < 1.29 is 38.3 Å². The number of hydrogen-bond donors (Lipinski definition) is 1. The van der Waals surface area contributed by atoms with Crippen molar-refractivity contribution in [3.63, 3.8) is 0 Å². The Bertz CT molecular complexity index is 1130. The highest BCUT2D eigenvalue weighted by atomic mass is 16.7. The molecule has 0 saturated carbocycles. The van der Waals surface area contributed by atoms with Gasteiger partial charge >= 0.3 is 5.97 Å². The van der Waals surface area contributed by atoms with Crippen molar-refractivity contribution in [2.45, 2.75) is 12.2 Å². The number of allylic oxidation sites excluding steroid dienone is 1. The average Bonchev–Trinajstić information content (AvgIpc) is 3.60. The second kappa shape index (κ2) is 8.55. The highest BCUT2D eigenvalue weighted by Crippen LogP contribution is 2.49. The van der Waals surface area contributed by atoms with Crippen molar-refractivity contribution >= 4 is 5.97 Å². The summed E-state index contributed by atoms with van der Waals surface area (Å²) in [6, 6.07) is 16.4. The third-order valence-electron chi connectivity index (χ3n) is 5.75. The van der Waals surface area contributed by atoms with Gasteiger partial charge in [-0.1, -0.05) is 30.3 Å². The maximum atomic E-state index is 13.1. The van der Waals surface area contributed by atoms with E-state index in [9.17, 15) is 9.90 Å². The number of hydrogen-bond acceptors (Lipinski definition) is 8. The van der Waals surface area contributed by atoms with Crippen LogP contribution in [0.25, 0.3) is 0 Å². The van der Waals surface area contributed by atoms with E-state index in [1.165, 1.54) is 12.5 Å².